The van der Waals surface area contributed by atoms with Gasteiger partial charge in [0.2, 0.25) is 0 Å². The summed E-state index contributed by atoms with van der Waals surface area (Å²) in [7, 11) is 2.85. The molecule has 8 heteroatoms. The molecule has 3 aromatic carbocycles. The molecule has 0 aliphatic carbocycles. The highest BCUT2D eigenvalue weighted by Crippen LogP contribution is 2.27. The molecule has 0 atom stereocenters. The summed E-state index contributed by atoms with van der Waals surface area (Å²) < 4.78 is 18.4. The summed E-state index contributed by atoms with van der Waals surface area (Å²) >= 11 is 1.30. The number of hydrogen-bond acceptors (Lipinski definition) is 6. The number of methoxy groups -OCH3 is 2. The fourth-order valence-electron chi connectivity index (χ4n) is 3.44. The highest BCUT2D eigenvalue weighted by atomic mass is 32.1. The molecule has 0 radical (unpaired) electrons. The van der Waals surface area contributed by atoms with E-state index in [1.54, 1.807) is 10.6 Å². The average Bonchev–Trinajstić information content (AvgIpc) is 3.14. The number of amides is 1. The number of aromatic nitrogens is 1. The fraction of sp³-hybridized carbons (Fsp3) is 0.208. The van der Waals surface area contributed by atoms with Crippen LogP contribution in [0.1, 0.15) is 17.3 Å². The fourth-order valence-corrected chi connectivity index (χ4v) is 4.50. The molecule has 1 heterocycles. The van der Waals surface area contributed by atoms with Gasteiger partial charge in [0.1, 0.15) is 18.0 Å². The molecule has 0 saturated heterocycles. The molecule has 0 N–H and O–H groups in total. The summed E-state index contributed by atoms with van der Waals surface area (Å²) in [6.07, 6.45) is 0. The van der Waals surface area contributed by atoms with Crippen LogP contribution in [0.15, 0.2) is 59.6 Å². The van der Waals surface area contributed by atoms with E-state index in [4.69, 9.17) is 14.2 Å². The number of fused-ring (bicyclic) bond motifs is 2. The van der Waals surface area contributed by atoms with Crippen molar-refractivity contribution in [2.45, 2.75) is 13.5 Å². The molecule has 1 aromatic heterocycles. The second kappa shape index (κ2) is 9.23. The minimum absolute atomic E-state index is 0.0640. The lowest BCUT2D eigenvalue weighted by Gasteiger charge is -2.08. The number of esters is 1. The molecule has 0 fully saturated rings. The van der Waals surface area contributed by atoms with Crippen molar-refractivity contribution in [2.24, 2.45) is 4.99 Å². The molecule has 0 saturated carbocycles. The highest BCUT2D eigenvalue weighted by Gasteiger charge is 2.16. The first-order chi connectivity index (χ1) is 15.5. The number of nitrogens with zero attached hydrogens (tertiary/aromatic N) is 2. The topological polar surface area (TPSA) is 79.1 Å². The summed E-state index contributed by atoms with van der Waals surface area (Å²) in [5.74, 6) is 0.260. The van der Waals surface area contributed by atoms with E-state index in [9.17, 15) is 9.59 Å². The van der Waals surface area contributed by atoms with Gasteiger partial charge in [-0.1, -0.05) is 35.6 Å². The molecule has 0 spiro atoms. The van der Waals surface area contributed by atoms with Crippen LogP contribution in [0.2, 0.25) is 0 Å². The van der Waals surface area contributed by atoms with Crippen LogP contribution in [0.25, 0.3) is 21.0 Å². The van der Waals surface area contributed by atoms with Crippen molar-refractivity contribution in [2.75, 3.05) is 20.8 Å². The van der Waals surface area contributed by atoms with Crippen molar-refractivity contribution in [3.8, 4) is 11.5 Å². The van der Waals surface area contributed by atoms with E-state index in [0.29, 0.717) is 28.5 Å². The molecule has 0 aliphatic heterocycles. The van der Waals surface area contributed by atoms with E-state index >= 15 is 0 Å². The lowest BCUT2D eigenvalue weighted by Crippen LogP contribution is -2.22. The quantitative estimate of drug-likeness (QED) is 0.412. The zero-order valence-corrected chi connectivity index (χ0v) is 18.8. The van der Waals surface area contributed by atoms with E-state index in [-0.39, 0.29) is 6.54 Å². The van der Waals surface area contributed by atoms with E-state index < -0.39 is 11.9 Å². The highest BCUT2D eigenvalue weighted by molar-refractivity contribution is 7.16. The van der Waals surface area contributed by atoms with Gasteiger partial charge in [0.15, 0.2) is 4.80 Å². The van der Waals surface area contributed by atoms with E-state index in [1.165, 1.54) is 25.6 Å². The Balaban J connectivity index is 1.86. The van der Waals surface area contributed by atoms with E-state index in [0.717, 1.165) is 21.0 Å². The lowest BCUT2D eigenvalue weighted by atomic mass is 10.1. The number of carbonyl (C=O) groups excluding carboxylic acids is 2. The van der Waals surface area contributed by atoms with Crippen LogP contribution >= 0.6 is 11.3 Å². The maximum atomic E-state index is 13.2. The van der Waals surface area contributed by atoms with Crippen LogP contribution in [0, 0.1) is 0 Å². The van der Waals surface area contributed by atoms with Gasteiger partial charge in [-0.05, 0) is 48.0 Å². The molecule has 0 aliphatic rings. The van der Waals surface area contributed by atoms with Crippen molar-refractivity contribution in [3.63, 3.8) is 0 Å². The Morgan fingerprint density at radius 1 is 1.03 bits per heavy atom. The zero-order chi connectivity index (χ0) is 22.7. The summed E-state index contributed by atoms with van der Waals surface area (Å²) in [6.45, 7) is 2.38. The first kappa shape index (κ1) is 21.6. The van der Waals surface area contributed by atoms with Gasteiger partial charge >= 0.3 is 5.97 Å². The molecular weight excluding hydrogens is 428 g/mol. The SMILES string of the molecule is CCOc1ccc2c(c1)sc(=NC(=O)c1cc3ccccc3cc1OC)n2CC(=O)OC. The van der Waals surface area contributed by atoms with Gasteiger partial charge < -0.3 is 18.8 Å². The molecule has 4 rings (SSSR count). The van der Waals surface area contributed by atoms with Crippen LogP contribution in [0.4, 0.5) is 0 Å². The first-order valence-corrected chi connectivity index (χ1v) is 10.8. The predicted octanol–water partition coefficient (Wildman–Crippen LogP) is 4.18. The van der Waals surface area contributed by atoms with Gasteiger partial charge in [-0.15, -0.1) is 0 Å². The molecular formula is C24H22N2O5S. The average molecular weight is 451 g/mol. The Morgan fingerprint density at radius 2 is 1.78 bits per heavy atom. The van der Waals surface area contributed by atoms with Gasteiger partial charge in [-0.2, -0.15) is 4.99 Å². The largest absolute Gasteiger partial charge is 0.496 e. The van der Waals surface area contributed by atoms with Gasteiger partial charge in [-0.25, -0.2) is 0 Å². The Hall–Kier alpha value is -3.65. The van der Waals surface area contributed by atoms with Crippen LogP contribution in [-0.4, -0.2) is 37.3 Å². The van der Waals surface area contributed by atoms with Crippen molar-refractivity contribution in [1.82, 2.24) is 4.57 Å². The molecule has 0 bridgehead atoms. The number of rotatable bonds is 6. The lowest BCUT2D eigenvalue weighted by molar-refractivity contribution is -0.141. The third-order valence-electron chi connectivity index (χ3n) is 4.98. The Kier molecular flexibility index (Phi) is 6.23. The van der Waals surface area contributed by atoms with Crippen LogP contribution in [0.3, 0.4) is 0 Å². The molecule has 32 heavy (non-hydrogen) atoms. The standard InChI is InChI=1S/C24H22N2O5S/c1-4-31-17-9-10-19-21(13-17)32-24(26(19)14-22(27)30-3)25-23(28)18-11-15-7-5-6-8-16(15)12-20(18)29-2/h5-13H,4,14H2,1-3H3. The smallest absolute Gasteiger partial charge is 0.325 e. The third kappa shape index (κ3) is 4.22. The molecule has 0 unspecified atom stereocenters. The number of hydrogen-bond donors (Lipinski definition) is 0. The summed E-state index contributed by atoms with van der Waals surface area (Å²) in [4.78, 5) is 30.0. The Morgan fingerprint density at radius 3 is 2.47 bits per heavy atom. The van der Waals surface area contributed by atoms with E-state index in [2.05, 4.69) is 4.99 Å². The third-order valence-corrected chi connectivity index (χ3v) is 6.02. The van der Waals surface area contributed by atoms with Crippen molar-refractivity contribution < 1.29 is 23.8 Å². The normalized spacial score (nSPS) is 11.7. The first-order valence-electron chi connectivity index (χ1n) is 10.0. The number of ether oxygens (including phenoxy) is 3. The van der Waals surface area contributed by atoms with Crippen molar-refractivity contribution >= 4 is 44.2 Å². The van der Waals surface area contributed by atoms with Gasteiger partial charge in [0.25, 0.3) is 5.91 Å². The van der Waals surface area contributed by atoms with E-state index in [1.807, 2.05) is 55.5 Å². The molecule has 1 amide bonds. The second-order valence-corrected chi connectivity index (χ2v) is 7.94. The summed E-state index contributed by atoms with van der Waals surface area (Å²) in [5, 5.41) is 1.87. The number of thiazole rings is 1. The Labute approximate surface area is 188 Å². The van der Waals surface area contributed by atoms with Gasteiger partial charge in [0.05, 0.1) is 36.6 Å². The predicted molar refractivity (Wildman–Crippen MR) is 123 cm³/mol. The molecule has 4 aromatic rings. The van der Waals surface area contributed by atoms with Gasteiger partial charge in [-0.3, -0.25) is 9.59 Å². The van der Waals surface area contributed by atoms with Crippen molar-refractivity contribution in [1.29, 1.82) is 0 Å². The number of benzene rings is 3. The summed E-state index contributed by atoms with van der Waals surface area (Å²) in [6, 6.07) is 16.9. The molecule has 164 valence electrons. The summed E-state index contributed by atoms with van der Waals surface area (Å²) in [5.41, 5.74) is 1.11. The minimum atomic E-state index is -0.456. The number of carbonyl (C=O) groups is 2. The maximum Gasteiger partial charge on any atom is 0.325 e. The zero-order valence-electron chi connectivity index (χ0n) is 18.0. The molecule has 7 nitrogen and oxygen atoms in total. The minimum Gasteiger partial charge on any atom is -0.496 e. The Bertz CT molecular complexity index is 1390. The van der Waals surface area contributed by atoms with Crippen LogP contribution < -0.4 is 14.3 Å². The maximum absolute atomic E-state index is 13.2. The van der Waals surface area contributed by atoms with Crippen molar-refractivity contribution in [3.05, 3.63) is 65.0 Å². The van der Waals surface area contributed by atoms with Gasteiger partial charge in [0, 0.05) is 0 Å². The van der Waals surface area contributed by atoms with Crippen LogP contribution in [0.5, 0.6) is 11.5 Å². The second-order valence-electron chi connectivity index (χ2n) is 6.93. The van der Waals surface area contributed by atoms with Crippen LogP contribution in [-0.2, 0) is 16.1 Å². The monoisotopic (exact) mass is 450 g/mol.